The Kier molecular flexibility index (Phi) is 6.79. The van der Waals surface area contributed by atoms with Gasteiger partial charge < -0.3 is 4.42 Å². The van der Waals surface area contributed by atoms with Crippen molar-refractivity contribution >= 4 is 55.6 Å². The number of allylic oxidation sites excluding steroid dienone is 2. The molecule has 0 unspecified atom stereocenters. The highest BCUT2D eigenvalue weighted by Gasteiger charge is 2.22. The Labute approximate surface area is 285 Å². The van der Waals surface area contributed by atoms with E-state index in [0.29, 0.717) is 6.42 Å². The third-order valence-electron chi connectivity index (χ3n) is 9.67. The summed E-state index contributed by atoms with van der Waals surface area (Å²) in [6.07, 6.45) is 15.5. The highest BCUT2D eigenvalue weighted by atomic mass is 16.3. The van der Waals surface area contributed by atoms with E-state index in [9.17, 15) is 0 Å². The van der Waals surface area contributed by atoms with Crippen LogP contribution in [0.15, 0.2) is 138 Å². The summed E-state index contributed by atoms with van der Waals surface area (Å²) < 4.78 is 6.13. The topological polar surface area (TPSA) is 13.1 Å². The van der Waals surface area contributed by atoms with Crippen LogP contribution < -0.4 is 0 Å². The molecule has 0 bridgehead atoms. The van der Waals surface area contributed by atoms with Crippen molar-refractivity contribution in [1.29, 1.82) is 0 Å². The first-order valence-corrected chi connectivity index (χ1v) is 16.6. The molecule has 0 fully saturated rings. The number of para-hydroxylation sites is 1. The van der Waals surface area contributed by atoms with E-state index in [2.05, 4.69) is 151 Å². The molecular weight excluding hydrogens is 593 g/mol. The number of rotatable bonds is 4. The number of terminal acetylenes is 1. The summed E-state index contributed by atoms with van der Waals surface area (Å²) in [6, 6.07) is 43.5. The SMILES string of the molecule is C#Cc1c2c(cc(-c3c4ccccc4c(-c4cccc(-c5ccc6oc7ccccc7c6c5)c4)c4ccccc34)c1/C=C\C)C=CCC#C2. The van der Waals surface area contributed by atoms with Crippen molar-refractivity contribution in [1.82, 2.24) is 0 Å². The number of benzene rings is 7. The molecule has 0 spiro atoms. The predicted octanol–water partition coefficient (Wildman–Crippen LogP) is 12.7. The van der Waals surface area contributed by atoms with Crippen LogP contribution in [0.4, 0.5) is 0 Å². The van der Waals surface area contributed by atoms with Gasteiger partial charge in [-0.15, -0.1) is 6.42 Å². The van der Waals surface area contributed by atoms with Gasteiger partial charge in [0.25, 0.3) is 0 Å². The van der Waals surface area contributed by atoms with Crippen LogP contribution in [-0.2, 0) is 0 Å². The molecule has 8 aromatic rings. The highest BCUT2D eigenvalue weighted by molar-refractivity contribution is 6.22. The van der Waals surface area contributed by atoms with E-state index in [1.807, 2.05) is 19.1 Å². The summed E-state index contributed by atoms with van der Waals surface area (Å²) in [5.74, 6) is 9.66. The molecule has 49 heavy (non-hydrogen) atoms. The average Bonchev–Trinajstić information content (AvgIpc) is 3.35. The maximum Gasteiger partial charge on any atom is 0.135 e. The van der Waals surface area contributed by atoms with Crippen LogP contribution in [0, 0.1) is 24.2 Å². The standard InChI is InChI=1S/C48H30O/c1-3-15-37-35(4-2)36-19-7-5-6-16-33(36)30-44(37)48-41-23-10-8-21-39(41)47(40-22-9-11-24-42(40)48)34-18-14-17-31(28-34)32-26-27-46-43(29-32)38-20-12-13-25-45(38)49-46/h2-3,6,8-18,20-30H,5H2,1H3/b15-3-. The lowest BCUT2D eigenvalue weighted by Crippen LogP contribution is -1.99. The van der Waals surface area contributed by atoms with Crippen molar-refractivity contribution in [2.75, 3.05) is 0 Å². The Morgan fingerprint density at radius 3 is 2.04 bits per heavy atom. The zero-order valence-electron chi connectivity index (χ0n) is 27.0. The molecule has 0 N–H and O–H groups in total. The second-order valence-corrected chi connectivity index (χ2v) is 12.5. The molecule has 0 saturated heterocycles. The van der Waals surface area contributed by atoms with Crippen LogP contribution in [0.3, 0.4) is 0 Å². The Hall–Kier alpha value is -6.54. The third kappa shape index (κ3) is 4.60. The van der Waals surface area contributed by atoms with Crippen LogP contribution in [0.25, 0.3) is 89.0 Å². The lowest BCUT2D eigenvalue weighted by molar-refractivity contribution is 0.669. The van der Waals surface area contributed by atoms with E-state index in [4.69, 9.17) is 10.8 Å². The van der Waals surface area contributed by atoms with Gasteiger partial charge in [0.2, 0.25) is 0 Å². The van der Waals surface area contributed by atoms with Crippen molar-refractivity contribution in [3.05, 3.63) is 156 Å². The molecule has 0 aliphatic heterocycles. The monoisotopic (exact) mass is 622 g/mol. The van der Waals surface area contributed by atoms with Gasteiger partial charge in [0.15, 0.2) is 0 Å². The summed E-state index contributed by atoms with van der Waals surface area (Å²) >= 11 is 0. The highest BCUT2D eigenvalue weighted by Crippen LogP contribution is 2.46. The Bertz CT molecular complexity index is 2760. The van der Waals surface area contributed by atoms with E-state index in [1.54, 1.807) is 0 Å². The first kappa shape index (κ1) is 28.7. The van der Waals surface area contributed by atoms with Crippen LogP contribution in [0.1, 0.15) is 35.6 Å². The largest absolute Gasteiger partial charge is 0.456 e. The van der Waals surface area contributed by atoms with Gasteiger partial charge in [-0.2, -0.15) is 0 Å². The fourth-order valence-electron chi connectivity index (χ4n) is 7.56. The van der Waals surface area contributed by atoms with Gasteiger partial charge in [-0.05, 0) is 103 Å². The van der Waals surface area contributed by atoms with Crippen LogP contribution in [0.2, 0.25) is 0 Å². The summed E-state index contributed by atoms with van der Waals surface area (Å²) in [5.41, 5.74) is 12.7. The fourth-order valence-corrected chi connectivity index (χ4v) is 7.56. The predicted molar refractivity (Wildman–Crippen MR) is 208 cm³/mol. The molecule has 1 heteroatoms. The molecule has 7 aromatic carbocycles. The molecule has 0 saturated carbocycles. The third-order valence-corrected chi connectivity index (χ3v) is 9.67. The fraction of sp³-hybridized carbons (Fsp3) is 0.0417. The molecule has 1 aliphatic carbocycles. The number of furan rings is 1. The van der Waals surface area contributed by atoms with Crippen LogP contribution in [-0.4, -0.2) is 0 Å². The van der Waals surface area contributed by atoms with Crippen LogP contribution in [0.5, 0.6) is 0 Å². The Morgan fingerprint density at radius 2 is 1.31 bits per heavy atom. The van der Waals surface area contributed by atoms with E-state index in [-0.39, 0.29) is 0 Å². The molecule has 0 radical (unpaired) electrons. The van der Waals surface area contributed by atoms with Crippen molar-refractivity contribution in [3.63, 3.8) is 0 Å². The molecule has 0 amide bonds. The van der Waals surface area contributed by atoms with Gasteiger partial charge >= 0.3 is 0 Å². The van der Waals surface area contributed by atoms with Crippen molar-refractivity contribution in [3.8, 4) is 57.6 Å². The zero-order valence-corrected chi connectivity index (χ0v) is 27.0. The molecule has 228 valence electrons. The summed E-state index contributed by atoms with van der Waals surface area (Å²) in [4.78, 5) is 0. The Morgan fingerprint density at radius 1 is 0.653 bits per heavy atom. The first-order valence-electron chi connectivity index (χ1n) is 16.6. The summed E-state index contributed by atoms with van der Waals surface area (Å²) in [6.45, 7) is 2.04. The number of hydrogen-bond donors (Lipinski definition) is 0. The summed E-state index contributed by atoms with van der Waals surface area (Å²) in [5, 5.41) is 7.03. The minimum absolute atomic E-state index is 0.707. The molecule has 1 nitrogen and oxygen atoms in total. The first-order chi connectivity index (χ1) is 24.2. The van der Waals surface area contributed by atoms with E-state index in [1.165, 1.54) is 38.2 Å². The maximum absolute atomic E-state index is 6.26. The number of hydrogen-bond acceptors (Lipinski definition) is 1. The quantitative estimate of drug-likeness (QED) is 0.141. The molecule has 0 atom stereocenters. The minimum atomic E-state index is 0.707. The lowest BCUT2D eigenvalue weighted by Gasteiger charge is -2.21. The second-order valence-electron chi connectivity index (χ2n) is 12.5. The van der Waals surface area contributed by atoms with E-state index < -0.39 is 0 Å². The molecule has 1 aliphatic rings. The Balaban J connectivity index is 1.31. The average molecular weight is 623 g/mol. The van der Waals surface area contributed by atoms with Gasteiger partial charge in [-0.3, -0.25) is 0 Å². The minimum Gasteiger partial charge on any atom is -0.456 e. The van der Waals surface area contributed by atoms with E-state index >= 15 is 0 Å². The molecule has 1 aromatic heterocycles. The molecule has 9 rings (SSSR count). The zero-order chi connectivity index (χ0) is 32.9. The van der Waals surface area contributed by atoms with Crippen molar-refractivity contribution in [2.24, 2.45) is 0 Å². The second kappa shape index (κ2) is 11.6. The van der Waals surface area contributed by atoms with Gasteiger partial charge in [-0.1, -0.05) is 133 Å². The molecular formula is C48H30O. The smallest absolute Gasteiger partial charge is 0.135 e. The normalized spacial score (nSPS) is 12.3. The van der Waals surface area contributed by atoms with Gasteiger partial charge in [-0.25, -0.2) is 0 Å². The number of fused-ring (bicyclic) bond motifs is 6. The lowest BCUT2D eigenvalue weighted by atomic mass is 9.82. The molecule has 1 heterocycles. The van der Waals surface area contributed by atoms with E-state index in [0.717, 1.165) is 60.9 Å². The van der Waals surface area contributed by atoms with Gasteiger partial charge in [0.05, 0.1) is 0 Å². The summed E-state index contributed by atoms with van der Waals surface area (Å²) in [7, 11) is 0. The maximum atomic E-state index is 6.26. The van der Waals surface area contributed by atoms with Gasteiger partial charge in [0, 0.05) is 28.3 Å². The van der Waals surface area contributed by atoms with Gasteiger partial charge in [0.1, 0.15) is 11.2 Å². The van der Waals surface area contributed by atoms with Crippen molar-refractivity contribution in [2.45, 2.75) is 13.3 Å². The van der Waals surface area contributed by atoms with Crippen molar-refractivity contribution < 1.29 is 4.42 Å². The van der Waals surface area contributed by atoms with Crippen LogP contribution >= 0.6 is 0 Å².